The van der Waals surface area contributed by atoms with Gasteiger partial charge in [0.05, 0.1) is 11.1 Å². The van der Waals surface area contributed by atoms with Crippen molar-refractivity contribution in [1.29, 1.82) is 0 Å². The fourth-order valence-corrected chi connectivity index (χ4v) is 12.9. The molecule has 0 aliphatic heterocycles. The Hall–Kier alpha value is -3.64. The van der Waals surface area contributed by atoms with Gasteiger partial charge in [0, 0.05) is 0 Å². The zero-order valence-electron chi connectivity index (χ0n) is 40.9. The highest BCUT2D eigenvalue weighted by Gasteiger charge is 2.77. The van der Waals surface area contributed by atoms with Gasteiger partial charge in [-0.25, -0.2) is 9.59 Å². The van der Waals surface area contributed by atoms with Crippen molar-refractivity contribution < 1.29 is 97.7 Å². The van der Waals surface area contributed by atoms with Gasteiger partial charge in [-0.3, -0.25) is 9.11 Å². The lowest BCUT2D eigenvalue weighted by atomic mass is 9.70. The Morgan fingerprint density at radius 2 is 0.932 bits per heavy atom. The summed E-state index contributed by atoms with van der Waals surface area (Å²) in [5.74, 6) is -14.5. The van der Waals surface area contributed by atoms with Crippen LogP contribution in [0.15, 0.2) is 24.3 Å². The van der Waals surface area contributed by atoms with Crippen LogP contribution < -0.4 is 0 Å². The molecular formula is C49H62F12O10S2. The van der Waals surface area contributed by atoms with E-state index in [0.717, 1.165) is 25.7 Å². The van der Waals surface area contributed by atoms with E-state index in [1.54, 1.807) is 26.0 Å². The largest absolute Gasteiger partial charge is 0.438 e. The molecule has 3 aliphatic rings. The second-order valence-electron chi connectivity index (χ2n) is 20.9. The van der Waals surface area contributed by atoms with E-state index >= 15 is 0 Å². The van der Waals surface area contributed by atoms with E-state index in [1.807, 2.05) is 0 Å². The molecule has 3 unspecified atom stereocenters. The van der Waals surface area contributed by atoms with Crippen LogP contribution in [-0.2, 0) is 29.7 Å². The average Bonchev–Trinajstić information content (AvgIpc) is 3.25. The first-order chi connectivity index (χ1) is 33.3. The molecule has 0 bridgehead atoms. The third-order valence-corrected chi connectivity index (χ3v) is 16.4. The van der Waals surface area contributed by atoms with E-state index in [-0.39, 0.29) is 53.4 Å². The molecule has 3 saturated carbocycles. The summed E-state index contributed by atoms with van der Waals surface area (Å²) >= 11 is 0. The first-order valence-electron chi connectivity index (χ1n) is 24.3. The molecular weight excluding hydrogens is 1040 g/mol. The van der Waals surface area contributed by atoms with Gasteiger partial charge in [0.2, 0.25) is 0 Å². The van der Waals surface area contributed by atoms with Crippen LogP contribution in [-0.4, -0.2) is 85.3 Å². The molecule has 2 aromatic rings. The summed E-state index contributed by atoms with van der Waals surface area (Å²) in [5, 5.41) is 0. The zero-order chi connectivity index (χ0) is 55.1. The molecule has 0 amide bonds. The van der Waals surface area contributed by atoms with Crippen LogP contribution >= 0.6 is 0 Å². The van der Waals surface area contributed by atoms with Crippen molar-refractivity contribution in [2.75, 3.05) is 11.5 Å². The van der Waals surface area contributed by atoms with Gasteiger partial charge in [-0.2, -0.15) is 69.5 Å². The van der Waals surface area contributed by atoms with Gasteiger partial charge in [-0.05, 0) is 120 Å². The van der Waals surface area contributed by atoms with Crippen LogP contribution in [0.4, 0.5) is 52.7 Å². The lowest BCUT2D eigenvalue weighted by Crippen LogP contribution is -2.63. The van der Waals surface area contributed by atoms with E-state index in [2.05, 4.69) is 9.47 Å². The molecule has 3 atom stereocenters. The second-order valence-corrected chi connectivity index (χ2v) is 23.8. The normalized spacial score (nSPS) is 20.3. The fraction of sp³-hybridized carbons (Fsp3) is 0.714. The molecule has 3 fully saturated rings. The predicted molar refractivity (Wildman–Crippen MR) is 244 cm³/mol. The standard InChI is InChI=1S/C49H62F12O10S2/c1-27(2)34-21-36(28(3)4)40(42(62)70-44(46(50,51)52,47(53,54)55)25-72(64,65)66)37(22-34)29(5)19-30-13-12-18-33(20-30)39-24-35(31-14-8-6-9-15-31)23-38(32-16-10-7-11-17-32)41(39)43(63)71-45(48(56,57)58,49(59,60)61)26-73(67,68)69/h21-24,27-33H,6-20,25-26H2,1-5H3,(H,64,65,66)(H,67,68,69). The van der Waals surface area contributed by atoms with Crippen molar-refractivity contribution in [3.63, 3.8) is 0 Å². The molecule has 0 heterocycles. The quantitative estimate of drug-likeness (QED) is 0.0940. The highest BCUT2D eigenvalue weighted by atomic mass is 32.2. The number of carbonyl (C=O) groups is 2. The summed E-state index contributed by atoms with van der Waals surface area (Å²) in [6, 6.07) is 6.01. The number of hydrogen-bond donors (Lipinski definition) is 2. The molecule has 24 heteroatoms. The van der Waals surface area contributed by atoms with Crippen LogP contribution in [0.2, 0.25) is 0 Å². The Balaban J connectivity index is 1.68. The number of rotatable bonds is 16. The van der Waals surface area contributed by atoms with Crippen molar-refractivity contribution in [2.24, 2.45) is 5.92 Å². The maximum absolute atomic E-state index is 14.7. The molecule has 0 saturated heterocycles. The van der Waals surface area contributed by atoms with E-state index < -0.39 is 120 Å². The van der Waals surface area contributed by atoms with Gasteiger partial charge >= 0.3 is 47.8 Å². The Bertz CT molecular complexity index is 2490. The van der Waals surface area contributed by atoms with Crippen molar-refractivity contribution >= 4 is 32.2 Å². The van der Waals surface area contributed by atoms with Crippen molar-refractivity contribution in [3.05, 3.63) is 68.8 Å². The molecule has 73 heavy (non-hydrogen) atoms. The van der Waals surface area contributed by atoms with Crippen molar-refractivity contribution in [1.82, 2.24) is 0 Å². The van der Waals surface area contributed by atoms with Gasteiger partial charge in [0.25, 0.3) is 20.2 Å². The topological polar surface area (TPSA) is 161 Å². The number of carbonyl (C=O) groups excluding carboxylic acids is 2. The van der Waals surface area contributed by atoms with Gasteiger partial charge in [-0.15, -0.1) is 0 Å². The molecule has 5 rings (SSSR count). The highest BCUT2D eigenvalue weighted by Crippen LogP contribution is 2.52. The Labute approximate surface area is 417 Å². The average molecular weight is 1100 g/mol. The SMILES string of the molecule is CC(C)c1cc(C(C)C)c(C(=O)OC(CS(=O)(=O)O)(C(F)(F)F)C(F)(F)F)c(C(C)CC2CCCC(c3cc(C4CCCCC4)cc(C4CCCCC4)c3C(=O)OC(CS(=O)(=O)O)(C(F)(F)F)C(F)(F)F)C2)c1. The smallest absolute Gasteiger partial charge is 0.435 e. The van der Waals surface area contributed by atoms with E-state index in [0.29, 0.717) is 62.5 Å². The Kier molecular flexibility index (Phi) is 18.3. The van der Waals surface area contributed by atoms with Gasteiger partial charge in [0.15, 0.2) is 0 Å². The maximum atomic E-state index is 14.7. The predicted octanol–water partition coefficient (Wildman–Crippen LogP) is 14.3. The summed E-state index contributed by atoms with van der Waals surface area (Å²) in [4.78, 5) is 28.6. The minimum absolute atomic E-state index is 0.0156. The number of ether oxygens (including phenoxy) is 2. The van der Waals surface area contributed by atoms with Gasteiger partial charge in [0.1, 0.15) is 11.5 Å². The number of esters is 2. The van der Waals surface area contributed by atoms with Crippen molar-refractivity contribution in [3.8, 4) is 0 Å². The number of benzene rings is 2. The molecule has 10 nitrogen and oxygen atoms in total. The third kappa shape index (κ3) is 13.7. The summed E-state index contributed by atoms with van der Waals surface area (Å²) in [6.45, 7) is 7.97. The minimum atomic E-state index is -6.62. The monoisotopic (exact) mass is 1100 g/mol. The molecule has 0 spiro atoms. The van der Waals surface area contributed by atoms with Crippen LogP contribution in [0.1, 0.15) is 221 Å². The lowest BCUT2D eigenvalue weighted by Gasteiger charge is -2.38. The van der Waals surface area contributed by atoms with E-state index in [1.165, 1.54) is 32.9 Å². The van der Waals surface area contributed by atoms with Gasteiger partial charge < -0.3 is 9.47 Å². The Morgan fingerprint density at radius 1 is 0.534 bits per heavy atom. The first-order valence-corrected chi connectivity index (χ1v) is 27.5. The number of alkyl halides is 12. The van der Waals surface area contributed by atoms with Gasteiger partial charge in [-0.1, -0.05) is 110 Å². The minimum Gasteiger partial charge on any atom is -0.435 e. The molecule has 0 radical (unpaired) electrons. The van der Waals surface area contributed by atoms with Crippen molar-refractivity contribution in [2.45, 2.75) is 202 Å². The van der Waals surface area contributed by atoms with Crippen LogP contribution in [0.25, 0.3) is 0 Å². The highest BCUT2D eigenvalue weighted by molar-refractivity contribution is 7.86. The third-order valence-electron chi connectivity index (χ3n) is 14.8. The number of halogens is 12. The van der Waals surface area contributed by atoms with E-state index in [9.17, 15) is 88.2 Å². The molecule has 414 valence electrons. The second kappa shape index (κ2) is 22.1. The van der Waals surface area contributed by atoms with Crippen LogP contribution in [0.5, 0.6) is 0 Å². The summed E-state index contributed by atoms with van der Waals surface area (Å²) in [7, 11) is -12.3. The first kappa shape index (κ1) is 60.2. The molecule has 2 aromatic carbocycles. The molecule has 3 aliphatic carbocycles. The summed E-state index contributed by atoms with van der Waals surface area (Å²) in [6.07, 6.45) is -18.8. The molecule has 2 N–H and O–H groups in total. The fourth-order valence-electron chi connectivity index (χ4n) is 11.1. The van der Waals surface area contributed by atoms with E-state index in [4.69, 9.17) is 0 Å². The van der Waals surface area contributed by atoms with Crippen LogP contribution in [0.3, 0.4) is 0 Å². The Morgan fingerprint density at radius 3 is 1.34 bits per heavy atom. The zero-order valence-corrected chi connectivity index (χ0v) is 42.5. The maximum Gasteiger partial charge on any atom is 0.438 e. The number of hydrogen-bond acceptors (Lipinski definition) is 8. The molecule has 0 aromatic heterocycles. The summed E-state index contributed by atoms with van der Waals surface area (Å²) in [5.41, 5.74) is -11.5. The van der Waals surface area contributed by atoms with Crippen LogP contribution in [0, 0.1) is 5.92 Å². The summed E-state index contributed by atoms with van der Waals surface area (Å²) < 4.78 is 250. The lowest BCUT2D eigenvalue weighted by molar-refractivity contribution is -0.356.